The van der Waals surface area contributed by atoms with Crippen molar-refractivity contribution < 1.29 is 96.8 Å². The molecule has 236 valence electrons. The Bertz CT molecular complexity index is 1030. The lowest BCUT2D eigenvalue weighted by molar-refractivity contribution is -0.671. The highest BCUT2D eigenvalue weighted by Gasteiger charge is 2.97. The molecule has 0 amide bonds. The molecule has 0 saturated carbocycles. The third-order valence-corrected chi connectivity index (χ3v) is 5.31. The van der Waals surface area contributed by atoms with Crippen molar-refractivity contribution in [1.29, 1.82) is 0 Å². The highest BCUT2D eigenvalue weighted by Crippen LogP contribution is 2.66. The van der Waals surface area contributed by atoms with Crippen molar-refractivity contribution in [3.8, 4) is 0 Å². The molecule has 0 unspecified atom stereocenters. The number of aryl methyl sites for hydroxylation is 2. The van der Waals surface area contributed by atoms with Crippen LogP contribution in [0.1, 0.15) is 12.8 Å². The van der Waals surface area contributed by atoms with Crippen LogP contribution < -0.4 is 4.57 Å². The maximum Gasteiger partial charge on any atom is 0.460 e. The van der Waals surface area contributed by atoms with Crippen LogP contribution in [-0.4, -0.2) is 64.0 Å². The Kier molecular flexibility index (Phi) is 8.63. The van der Waals surface area contributed by atoms with Gasteiger partial charge in [0.2, 0.25) is 6.33 Å². The largest absolute Gasteiger partial charge is 0.460 e. The van der Waals surface area contributed by atoms with Crippen LogP contribution >= 0.6 is 0 Å². The normalized spacial score (nSPS) is 16.1. The molecule has 40 heavy (non-hydrogen) atoms. The second-order valence-corrected chi connectivity index (χ2v) is 8.22. The zero-order valence-electron chi connectivity index (χ0n) is 18.7. The molecule has 23 heteroatoms. The Morgan fingerprint density at radius 1 is 0.500 bits per heavy atom. The third-order valence-electron chi connectivity index (χ3n) is 5.31. The number of hydrogen-bond acceptors (Lipinski definition) is 0. The Morgan fingerprint density at radius 2 is 0.825 bits per heavy atom. The van der Waals surface area contributed by atoms with Crippen molar-refractivity contribution in [1.82, 2.24) is 4.57 Å². The van der Waals surface area contributed by atoms with E-state index >= 15 is 0 Å². The van der Waals surface area contributed by atoms with Crippen LogP contribution in [0, 0.1) is 0 Å². The first-order chi connectivity index (χ1) is 17.2. The lowest BCUT2D eigenvalue weighted by Crippen LogP contribution is -2.76. The quantitative estimate of drug-likeness (QED) is 0.166. The highest BCUT2D eigenvalue weighted by molar-refractivity contribution is 5.17. The van der Waals surface area contributed by atoms with E-state index in [2.05, 4.69) is 0 Å². The Balaban J connectivity index is 3.54. The van der Waals surface area contributed by atoms with Gasteiger partial charge in [-0.15, -0.1) is 0 Å². The average Bonchev–Trinajstić information content (AvgIpc) is 3.16. The molecule has 1 aromatic rings. The first-order valence-corrected chi connectivity index (χ1v) is 9.70. The summed E-state index contributed by atoms with van der Waals surface area (Å²) in [6.07, 6.45) is -8.65. The van der Waals surface area contributed by atoms with E-state index in [-0.39, 0.29) is 0 Å². The zero-order chi connectivity index (χ0) is 32.4. The molecule has 0 bridgehead atoms. The molecule has 0 saturated heterocycles. The number of halogens is 21. The van der Waals surface area contributed by atoms with Gasteiger partial charge >= 0.3 is 59.5 Å². The van der Waals surface area contributed by atoms with Crippen molar-refractivity contribution in [2.75, 3.05) is 0 Å². The van der Waals surface area contributed by atoms with Crippen LogP contribution in [0.15, 0.2) is 18.7 Å². The third kappa shape index (κ3) is 4.81. The van der Waals surface area contributed by atoms with Gasteiger partial charge in [0.15, 0.2) is 0 Å². The van der Waals surface area contributed by atoms with Gasteiger partial charge in [0.05, 0.1) is 13.6 Å². The average molecular weight is 643 g/mol. The van der Waals surface area contributed by atoms with Gasteiger partial charge in [-0.2, -0.15) is 92.2 Å². The highest BCUT2D eigenvalue weighted by atomic mass is 19.4. The number of imidazole rings is 1. The maximum atomic E-state index is 13.8. The molecule has 0 spiro atoms. The molecule has 1 aromatic heterocycles. The van der Waals surface area contributed by atoms with Crippen LogP contribution in [0.2, 0.25) is 0 Å². The number of rotatable bonds is 12. The van der Waals surface area contributed by atoms with Gasteiger partial charge in [-0.1, -0.05) is 0 Å². The van der Waals surface area contributed by atoms with Crippen LogP contribution in [0.25, 0.3) is 0 Å². The molecule has 0 radical (unpaired) electrons. The predicted octanol–water partition coefficient (Wildman–Crippen LogP) is 7.37. The fourth-order valence-electron chi connectivity index (χ4n) is 2.87. The van der Waals surface area contributed by atoms with Crippen LogP contribution in [0.4, 0.5) is 92.2 Å². The molecule has 0 fully saturated rings. The lowest BCUT2D eigenvalue weighted by Gasteiger charge is -2.44. The number of alkyl halides is 21. The van der Waals surface area contributed by atoms with E-state index in [1.807, 2.05) is 0 Å². The van der Waals surface area contributed by atoms with Crippen LogP contribution in [0.3, 0.4) is 0 Å². The summed E-state index contributed by atoms with van der Waals surface area (Å²) in [5, 5.41) is 0. The van der Waals surface area contributed by atoms with Crippen LogP contribution in [0.5, 0.6) is 0 Å². The molecular formula is C17H12F21N2+. The summed E-state index contributed by atoms with van der Waals surface area (Å²) < 4.78 is 282. The molecule has 0 aliphatic heterocycles. The van der Waals surface area contributed by atoms with Crippen molar-refractivity contribution in [2.24, 2.45) is 7.05 Å². The Morgan fingerprint density at radius 3 is 1.12 bits per heavy atom. The summed E-state index contributed by atoms with van der Waals surface area (Å²) in [5.74, 6) is -76.5. The summed E-state index contributed by atoms with van der Waals surface area (Å²) in [5.41, 5.74) is 0. The first kappa shape index (κ1) is 35.8. The predicted molar refractivity (Wildman–Crippen MR) is 85.4 cm³/mol. The van der Waals surface area contributed by atoms with Crippen molar-refractivity contribution >= 4 is 0 Å². The van der Waals surface area contributed by atoms with Gasteiger partial charge < -0.3 is 0 Å². The molecule has 0 atom stereocenters. The first-order valence-electron chi connectivity index (χ1n) is 9.70. The van der Waals surface area contributed by atoms with E-state index in [0.29, 0.717) is 0 Å². The standard InChI is InChI=1S/C17H12F21N2/c1-39-5-6-40(7-39)4-2-3-8(18,19)9(20,21)10(22,23)11(24,25)12(26,27)13(28,29)14(30,31)15(32,33)16(34,35)17(36,37)38/h5-7H,2-4H2,1H3/q+1. The molecule has 0 aromatic carbocycles. The maximum absolute atomic E-state index is 13.8. The Hall–Kier alpha value is -2.26. The molecule has 0 N–H and O–H groups in total. The van der Waals surface area contributed by atoms with Crippen molar-refractivity contribution in [3.63, 3.8) is 0 Å². The summed E-state index contributed by atoms with van der Waals surface area (Å²) >= 11 is 0. The van der Waals surface area contributed by atoms with E-state index in [0.717, 1.165) is 17.1 Å². The number of hydrogen-bond donors (Lipinski definition) is 0. The van der Waals surface area contributed by atoms with Gasteiger partial charge in [0.1, 0.15) is 12.4 Å². The van der Waals surface area contributed by atoms with Crippen molar-refractivity contribution in [2.45, 2.75) is 78.9 Å². The topological polar surface area (TPSA) is 8.81 Å². The summed E-state index contributed by atoms with van der Waals surface area (Å²) in [7, 11) is 1.32. The van der Waals surface area contributed by atoms with E-state index in [4.69, 9.17) is 0 Å². The fourth-order valence-corrected chi connectivity index (χ4v) is 2.87. The molecule has 0 aliphatic carbocycles. The lowest BCUT2D eigenvalue weighted by atomic mass is 9.85. The van der Waals surface area contributed by atoms with E-state index in [9.17, 15) is 92.2 Å². The van der Waals surface area contributed by atoms with Gasteiger partial charge in [-0.05, 0) is 6.42 Å². The molecule has 1 heterocycles. The molecular weight excluding hydrogens is 631 g/mol. The van der Waals surface area contributed by atoms with Gasteiger partial charge in [0.25, 0.3) is 0 Å². The second kappa shape index (κ2) is 9.65. The Labute approximate surface area is 207 Å². The van der Waals surface area contributed by atoms with E-state index < -0.39 is 78.9 Å². The summed E-state index contributed by atoms with van der Waals surface area (Å²) in [6, 6.07) is 0. The SMILES string of the molecule is C[n+]1ccn(CCCC(F)(F)C(F)(F)C(F)(F)C(F)(F)C(F)(F)C(F)(F)C(F)(F)C(F)(F)C(F)(F)C(F)(F)F)c1. The summed E-state index contributed by atoms with van der Waals surface area (Å²) in [4.78, 5) is 0. The monoisotopic (exact) mass is 643 g/mol. The van der Waals surface area contributed by atoms with Crippen LogP contribution in [-0.2, 0) is 13.6 Å². The van der Waals surface area contributed by atoms with Gasteiger partial charge in [-0.3, -0.25) is 0 Å². The molecule has 2 nitrogen and oxygen atoms in total. The number of aromatic nitrogens is 2. The molecule has 0 aliphatic rings. The summed E-state index contributed by atoms with van der Waals surface area (Å²) in [6.45, 7) is -0.780. The minimum atomic E-state index is -9.15. The number of nitrogens with zero attached hydrogens (tertiary/aromatic N) is 2. The van der Waals surface area contributed by atoms with Gasteiger partial charge in [0, 0.05) is 6.42 Å². The zero-order valence-corrected chi connectivity index (χ0v) is 18.7. The fraction of sp³-hybridized carbons (Fsp3) is 0.824. The van der Waals surface area contributed by atoms with E-state index in [1.54, 1.807) is 0 Å². The minimum absolute atomic E-state index is 0.780. The molecule has 1 rings (SSSR count). The van der Waals surface area contributed by atoms with Gasteiger partial charge in [-0.25, -0.2) is 9.13 Å². The minimum Gasteiger partial charge on any atom is -0.240 e. The van der Waals surface area contributed by atoms with E-state index in [1.165, 1.54) is 17.8 Å². The van der Waals surface area contributed by atoms with Crippen molar-refractivity contribution in [3.05, 3.63) is 18.7 Å². The second-order valence-electron chi connectivity index (χ2n) is 8.22. The smallest absolute Gasteiger partial charge is 0.240 e.